The van der Waals surface area contributed by atoms with Crippen LogP contribution in [0.15, 0.2) is 30.6 Å². The van der Waals surface area contributed by atoms with Crippen molar-refractivity contribution in [3.8, 4) is 11.3 Å². The lowest BCUT2D eigenvalue weighted by Gasteiger charge is -2.34. The number of nitrogens with zero attached hydrogens (tertiary/aromatic N) is 3. The molecule has 0 bridgehead atoms. The molecule has 2 N–H and O–H groups in total. The van der Waals surface area contributed by atoms with E-state index in [1.807, 2.05) is 0 Å². The molecule has 1 fully saturated rings. The minimum absolute atomic E-state index is 0.0103. The number of carbonyl (C=O) groups excluding carboxylic acids is 1. The molecule has 1 aromatic carbocycles. The van der Waals surface area contributed by atoms with Gasteiger partial charge in [-0.3, -0.25) is 4.57 Å². The lowest BCUT2D eigenvalue weighted by Crippen LogP contribution is -2.47. The maximum Gasteiger partial charge on any atom is 0.419 e. The minimum Gasteiger partial charge on any atom is -0.444 e. The molecule has 2 aromatic heterocycles. The van der Waals surface area contributed by atoms with Crippen LogP contribution >= 0.6 is 7.60 Å². The third-order valence-electron chi connectivity index (χ3n) is 6.34. The molecule has 0 aliphatic carbocycles. The van der Waals surface area contributed by atoms with Crippen LogP contribution in [0.1, 0.15) is 53.0 Å². The van der Waals surface area contributed by atoms with Crippen molar-refractivity contribution in [2.45, 2.75) is 65.3 Å². The maximum atomic E-state index is 14.1. The number of aromatic nitrogens is 3. The lowest BCUT2D eigenvalue weighted by molar-refractivity contribution is -0.137. The molecule has 0 saturated carbocycles. The Morgan fingerprint density at radius 1 is 1.20 bits per heavy atom. The van der Waals surface area contributed by atoms with Crippen molar-refractivity contribution in [1.82, 2.24) is 19.9 Å². The number of benzene rings is 1. The standard InChI is InChI=1S/C27H35F3N5O5P/c1-6-38-41(37,39-7-2)21-12-8-11-18-19(14-31-23(18)21)22-20(27(28,29)30)15-32-24(34-22)33-17-10-9-13-35(16-17)25(36)40-26(3,4)5/h8,11-12,14-15,17,31H,6-7,9-10,13,16H2,1-5H3,(H,32,33,34)/t17-/m0/s1. The molecular weight excluding hydrogens is 562 g/mol. The van der Waals surface area contributed by atoms with E-state index in [4.69, 9.17) is 13.8 Å². The quantitative estimate of drug-likeness (QED) is 0.289. The van der Waals surface area contributed by atoms with Crippen LogP contribution in [0.2, 0.25) is 0 Å². The highest BCUT2D eigenvalue weighted by Crippen LogP contribution is 2.49. The number of carbonyl (C=O) groups is 1. The Hall–Kier alpha value is -3.15. The number of anilines is 1. The number of aromatic amines is 1. The predicted molar refractivity (Wildman–Crippen MR) is 149 cm³/mol. The van der Waals surface area contributed by atoms with Crippen molar-refractivity contribution in [2.24, 2.45) is 0 Å². The number of para-hydroxylation sites is 1. The van der Waals surface area contributed by atoms with Crippen molar-refractivity contribution in [3.05, 3.63) is 36.2 Å². The van der Waals surface area contributed by atoms with E-state index in [0.717, 1.165) is 6.20 Å². The second-order valence-corrected chi connectivity index (χ2v) is 12.6. The summed E-state index contributed by atoms with van der Waals surface area (Å²) in [5.41, 5.74) is -1.54. The third-order valence-corrected chi connectivity index (χ3v) is 8.50. The normalized spacial score (nSPS) is 16.7. The number of alkyl halides is 3. The van der Waals surface area contributed by atoms with E-state index in [2.05, 4.69) is 20.3 Å². The summed E-state index contributed by atoms with van der Waals surface area (Å²) >= 11 is 0. The van der Waals surface area contributed by atoms with Gasteiger partial charge in [0.15, 0.2) is 0 Å². The molecule has 3 aromatic rings. The molecule has 0 unspecified atom stereocenters. The predicted octanol–water partition coefficient (Wildman–Crippen LogP) is 6.35. The molecule has 0 spiro atoms. The number of piperidine rings is 1. The molecule has 1 amide bonds. The van der Waals surface area contributed by atoms with Crippen molar-refractivity contribution in [2.75, 3.05) is 31.6 Å². The van der Waals surface area contributed by atoms with Crippen molar-refractivity contribution in [3.63, 3.8) is 0 Å². The van der Waals surface area contributed by atoms with Gasteiger partial charge in [0.05, 0.1) is 29.7 Å². The smallest absolute Gasteiger partial charge is 0.419 e. The van der Waals surface area contributed by atoms with Crippen LogP contribution < -0.4 is 10.6 Å². The van der Waals surface area contributed by atoms with E-state index in [1.165, 1.54) is 6.20 Å². The fourth-order valence-electron chi connectivity index (χ4n) is 4.71. The van der Waals surface area contributed by atoms with Crippen LogP contribution in [0, 0.1) is 0 Å². The third kappa shape index (κ3) is 7.02. The Morgan fingerprint density at radius 2 is 1.90 bits per heavy atom. The molecule has 4 rings (SSSR count). The number of hydrogen-bond acceptors (Lipinski definition) is 8. The van der Waals surface area contributed by atoms with Gasteiger partial charge >= 0.3 is 19.9 Å². The molecule has 41 heavy (non-hydrogen) atoms. The molecule has 0 radical (unpaired) electrons. The number of H-pyrrole nitrogens is 1. The molecule has 1 atom stereocenters. The number of halogens is 3. The van der Waals surface area contributed by atoms with Gasteiger partial charge < -0.3 is 29.0 Å². The van der Waals surface area contributed by atoms with Crippen LogP contribution in [0.5, 0.6) is 0 Å². The zero-order valence-electron chi connectivity index (χ0n) is 23.7. The lowest BCUT2D eigenvalue weighted by atomic mass is 10.1. The summed E-state index contributed by atoms with van der Waals surface area (Å²) in [6.07, 6.45) is -1.71. The van der Waals surface area contributed by atoms with Crippen LogP contribution in [0.4, 0.5) is 23.9 Å². The van der Waals surface area contributed by atoms with Crippen LogP contribution in [0.3, 0.4) is 0 Å². The minimum atomic E-state index is -4.74. The van der Waals surface area contributed by atoms with E-state index in [9.17, 15) is 22.5 Å². The summed E-state index contributed by atoms with van der Waals surface area (Å²) in [5, 5.41) is 3.68. The van der Waals surface area contributed by atoms with Gasteiger partial charge in [-0.1, -0.05) is 12.1 Å². The monoisotopic (exact) mass is 597 g/mol. The van der Waals surface area contributed by atoms with Crippen molar-refractivity contribution in [1.29, 1.82) is 0 Å². The van der Waals surface area contributed by atoms with Gasteiger partial charge in [0, 0.05) is 42.5 Å². The largest absolute Gasteiger partial charge is 0.444 e. The van der Waals surface area contributed by atoms with Gasteiger partial charge in [-0.15, -0.1) is 0 Å². The number of fused-ring (bicyclic) bond motifs is 1. The Balaban J connectivity index is 1.70. The van der Waals surface area contributed by atoms with Crippen molar-refractivity contribution < 1.29 is 36.3 Å². The highest BCUT2D eigenvalue weighted by atomic mass is 31.2. The Morgan fingerprint density at radius 3 is 2.54 bits per heavy atom. The number of rotatable bonds is 8. The van der Waals surface area contributed by atoms with E-state index in [-0.39, 0.29) is 48.3 Å². The number of ether oxygens (including phenoxy) is 1. The fourth-order valence-corrected chi connectivity index (χ4v) is 6.47. The zero-order valence-corrected chi connectivity index (χ0v) is 24.6. The van der Waals surface area contributed by atoms with Gasteiger partial charge in [0.1, 0.15) is 11.2 Å². The molecule has 14 heteroatoms. The summed E-state index contributed by atoms with van der Waals surface area (Å²) in [6, 6.07) is 4.47. The maximum absolute atomic E-state index is 14.1. The summed E-state index contributed by atoms with van der Waals surface area (Å²) < 4.78 is 72.3. The summed E-state index contributed by atoms with van der Waals surface area (Å²) in [4.78, 5) is 25.3. The van der Waals surface area contributed by atoms with E-state index >= 15 is 0 Å². The molecule has 1 aliphatic rings. The molecule has 224 valence electrons. The first-order chi connectivity index (χ1) is 19.3. The first-order valence-corrected chi connectivity index (χ1v) is 15.0. The molecule has 1 aliphatic heterocycles. The Bertz CT molecular complexity index is 1430. The second kappa shape index (κ2) is 12.0. The highest BCUT2D eigenvalue weighted by Gasteiger charge is 2.37. The topological polar surface area (TPSA) is 119 Å². The van der Waals surface area contributed by atoms with Gasteiger partial charge in [0.25, 0.3) is 0 Å². The average Bonchev–Trinajstić information content (AvgIpc) is 3.32. The molecular formula is C27H35F3N5O5P. The first kappa shape index (κ1) is 30.8. The van der Waals surface area contributed by atoms with E-state index in [0.29, 0.717) is 30.3 Å². The number of nitrogens with one attached hydrogen (secondary N) is 2. The average molecular weight is 598 g/mol. The first-order valence-electron chi connectivity index (χ1n) is 13.4. The van der Waals surface area contributed by atoms with E-state index < -0.39 is 31.0 Å². The fraction of sp³-hybridized carbons (Fsp3) is 0.519. The van der Waals surface area contributed by atoms with Gasteiger partial charge in [-0.2, -0.15) is 13.2 Å². The van der Waals surface area contributed by atoms with E-state index in [1.54, 1.807) is 57.7 Å². The van der Waals surface area contributed by atoms with Crippen LogP contribution in [0.25, 0.3) is 22.2 Å². The van der Waals surface area contributed by atoms with Crippen LogP contribution in [-0.4, -0.2) is 63.9 Å². The Labute approximate surface area is 236 Å². The summed E-state index contributed by atoms with van der Waals surface area (Å²) in [7, 11) is -3.74. The highest BCUT2D eigenvalue weighted by molar-refractivity contribution is 7.62. The number of hydrogen-bond donors (Lipinski definition) is 2. The molecule has 1 saturated heterocycles. The van der Waals surface area contributed by atoms with Gasteiger partial charge in [-0.25, -0.2) is 14.8 Å². The zero-order chi connectivity index (χ0) is 30.0. The van der Waals surface area contributed by atoms with Crippen molar-refractivity contribution >= 4 is 35.8 Å². The van der Waals surface area contributed by atoms with Gasteiger partial charge in [-0.05, 0) is 53.5 Å². The second-order valence-electron chi connectivity index (χ2n) is 10.6. The molecule has 10 nitrogen and oxygen atoms in total. The van der Waals surface area contributed by atoms with Crippen LogP contribution in [-0.2, 0) is 24.5 Å². The number of likely N-dealkylation sites (tertiary alicyclic amines) is 1. The summed E-state index contributed by atoms with van der Waals surface area (Å²) in [6.45, 7) is 9.73. The SMILES string of the molecule is CCOP(=O)(OCC)c1cccc2c(-c3nc(N[C@H]4CCCN(C(=O)OC(C)(C)C)C4)ncc3C(F)(F)F)c[nH]c12. The Kier molecular flexibility index (Phi) is 9.01. The van der Waals surface area contributed by atoms with Gasteiger partial charge in [0.2, 0.25) is 5.95 Å². The molecule has 3 heterocycles. The number of amides is 1. The summed E-state index contributed by atoms with van der Waals surface area (Å²) in [5.74, 6) is -0.0103.